The number of nitrogens with zero attached hydrogens (tertiary/aromatic N) is 3. The van der Waals surface area contributed by atoms with E-state index in [0.717, 1.165) is 41.6 Å². The van der Waals surface area contributed by atoms with Gasteiger partial charge in [0.05, 0.1) is 24.4 Å². The number of nitrogens with two attached hydrogens (primary N) is 1. The molecule has 8 heteroatoms. The van der Waals surface area contributed by atoms with E-state index in [1.807, 2.05) is 56.9 Å². The minimum absolute atomic E-state index is 0.0293. The van der Waals surface area contributed by atoms with E-state index in [1.54, 1.807) is 18.2 Å². The smallest absolute Gasteiger partial charge is 0.244 e. The Kier molecular flexibility index (Phi) is 8.02. The van der Waals surface area contributed by atoms with Crippen LogP contribution in [-0.2, 0) is 9.59 Å². The molecule has 2 amide bonds. The minimum Gasteiger partial charge on any atom is -0.497 e. The molecule has 3 N–H and O–H groups in total. The zero-order valence-corrected chi connectivity index (χ0v) is 21.3. The van der Waals surface area contributed by atoms with Crippen molar-refractivity contribution in [2.45, 2.75) is 71.6 Å². The van der Waals surface area contributed by atoms with Crippen molar-refractivity contribution in [1.29, 1.82) is 0 Å². The van der Waals surface area contributed by atoms with E-state index in [2.05, 4.69) is 17.2 Å². The van der Waals surface area contributed by atoms with Crippen molar-refractivity contribution in [1.82, 2.24) is 14.8 Å². The molecule has 2 aromatic rings. The van der Waals surface area contributed by atoms with E-state index in [-0.39, 0.29) is 30.3 Å². The van der Waals surface area contributed by atoms with Crippen LogP contribution in [0.25, 0.3) is 10.9 Å². The number of fused-ring (bicyclic) bond motifs is 1. The Morgan fingerprint density at radius 2 is 2.06 bits per heavy atom. The second kappa shape index (κ2) is 10.6. The fraction of sp³-hybridized carbons (Fsp3) is 0.577. The van der Waals surface area contributed by atoms with Gasteiger partial charge in [0.1, 0.15) is 18.0 Å². The maximum absolute atomic E-state index is 13.0. The maximum Gasteiger partial charge on any atom is 0.244 e. The highest BCUT2D eigenvalue weighted by Crippen LogP contribution is 2.30. The van der Waals surface area contributed by atoms with Crippen molar-refractivity contribution in [3.63, 3.8) is 0 Å². The van der Waals surface area contributed by atoms with E-state index in [9.17, 15) is 9.59 Å². The number of carbonyl (C=O) groups is 2. The Morgan fingerprint density at radius 1 is 1.32 bits per heavy atom. The molecule has 186 valence electrons. The maximum atomic E-state index is 13.0. The summed E-state index contributed by atoms with van der Waals surface area (Å²) in [4.78, 5) is 33.8. The van der Waals surface area contributed by atoms with E-state index in [1.165, 1.54) is 0 Å². The molecule has 3 rings (SSSR count). The SMILES string of the molecule is CC[C@H](C)[C@@H](N)C(=O)N1CC(=O)N(CCCC(C)Nc2cc(OC)cc3cccnc23)C1(C)C. The summed E-state index contributed by atoms with van der Waals surface area (Å²) in [7, 11) is 1.66. The van der Waals surface area contributed by atoms with E-state index < -0.39 is 11.7 Å². The predicted molar refractivity (Wildman–Crippen MR) is 136 cm³/mol. The van der Waals surface area contributed by atoms with Crippen molar-refractivity contribution < 1.29 is 14.3 Å². The van der Waals surface area contributed by atoms with Crippen molar-refractivity contribution in [3.05, 3.63) is 30.5 Å². The topological polar surface area (TPSA) is 101 Å². The van der Waals surface area contributed by atoms with Gasteiger partial charge >= 0.3 is 0 Å². The monoisotopic (exact) mass is 469 g/mol. The van der Waals surface area contributed by atoms with Gasteiger partial charge in [-0.05, 0) is 51.7 Å². The van der Waals surface area contributed by atoms with Crippen LogP contribution >= 0.6 is 0 Å². The zero-order valence-electron chi connectivity index (χ0n) is 21.3. The molecular formula is C26H39N5O3. The Balaban J connectivity index is 1.61. The number of pyridine rings is 1. The Labute approximate surface area is 202 Å². The third-order valence-electron chi connectivity index (χ3n) is 7.06. The molecule has 0 aliphatic carbocycles. The second-order valence-corrected chi connectivity index (χ2v) is 9.81. The number of nitrogens with one attached hydrogen (secondary N) is 1. The third kappa shape index (κ3) is 5.27. The lowest BCUT2D eigenvalue weighted by Gasteiger charge is -2.39. The summed E-state index contributed by atoms with van der Waals surface area (Å²) >= 11 is 0. The number of rotatable bonds is 10. The summed E-state index contributed by atoms with van der Waals surface area (Å²) in [5, 5.41) is 4.57. The summed E-state index contributed by atoms with van der Waals surface area (Å²) < 4.78 is 5.44. The summed E-state index contributed by atoms with van der Waals surface area (Å²) in [5.41, 5.74) is 7.33. The molecule has 0 radical (unpaired) electrons. The molecule has 2 heterocycles. The van der Waals surface area contributed by atoms with Gasteiger partial charge in [0.25, 0.3) is 0 Å². The highest BCUT2D eigenvalue weighted by molar-refractivity contribution is 5.92. The molecule has 1 aromatic heterocycles. The number of hydrogen-bond acceptors (Lipinski definition) is 6. The Hall–Kier alpha value is -2.87. The fourth-order valence-corrected chi connectivity index (χ4v) is 4.57. The Bertz CT molecular complexity index is 1020. The number of ether oxygens (including phenoxy) is 1. The lowest BCUT2D eigenvalue weighted by Crippen LogP contribution is -2.56. The number of anilines is 1. The molecule has 1 fully saturated rings. The van der Waals surface area contributed by atoms with Gasteiger partial charge in [-0.1, -0.05) is 26.3 Å². The van der Waals surface area contributed by atoms with Crippen LogP contribution in [-0.4, -0.2) is 64.5 Å². The van der Waals surface area contributed by atoms with Crippen LogP contribution in [0, 0.1) is 5.92 Å². The van der Waals surface area contributed by atoms with Crippen LogP contribution in [0.1, 0.15) is 53.9 Å². The van der Waals surface area contributed by atoms with Crippen LogP contribution in [0.4, 0.5) is 5.69 Å². The van der Waals surface area contributed by atoms with Gasteiger partial charge in [-0.15, -0.1) is 0 Å². The van der Waals surface area contributed by atoms with Crippen molar-refractivity contribution in [3.8, 4) is 5.75 Å². The largest absolute Gasteiger partial charge is 0.497 e. The van der Waals surface area contributed by atoms with E-state index in [0.29, 0.717) is 6.54 Å². The van der Waals surface area contributed by atoms with Gasteiger partial charge in [0.2, 0.25) is 11.8 Å². The average Bonchev–Trinajstić information content (AvgIpc) is 3.05. The van der Waals surface area contributed by atoms with Crippen LogP contribution in [0.3, 0.4) is 0 Å². The highest BCUT2D eigenvalue weighted by atomic mass is 16.5. The molecule has 0 bridgehead atoms. The van der Waals surface area contributed by atoms with Gasteiger partial charge in [0.15, 0.2) is 0 Å². The first-order valence-electron chi connectivity index (χ1n) is 12.2. The first-order valence-corrected chi connectivity index (χ1v) is 12.2. The predicted octanol–water partition coefficient (Wildman–Crippen LogP) is 3.60. The second-order valence-electron chi connectivity index (χ2n) is 9.81. The molecule has 34 heavy (non-hydrogen) atoms. The van der Waals surface area contributed by atoms with Gasteiger partial charge in [-0.25, -0.2) is 0 Å². The molecule has 0 spiro atoms. The number of methoxy groups -OCH3 is 1. The number of amides is 2. The molecular weight excluding hydrogens is 430 g/mol. The molecule has 1 saturated heterocycles. The van der Waals surface area contributed by atoms with Gasteiger partial charge in [-0.3, -0.25) is 14.6 Å². The molecule has 3 atom stereocenters. The number of aromatic nitrogens is 1. The minimum atomic E-state index is -0.692. The van der Waals surface area contributed by atoms with Crippen molar-refractivity contribution >= 4 is 28.4 Å². The first-order chi connectivity index (χ1) is 16.1. The van der Waals surface area contributed by atoms with Crippen molar-refractivity contribution in [2.75, 3.05) is 25.5 Å². The summed E-state index contributed by atoms with van der Waals surface area (Å²) in [6.45, 7) is 10.6. The zero-order chi connectivity index (χ0) is 25.0. The van der Waals surface area contributed by atoms with Gasteiger partial charge in [0, 0.05) is 30.2 Å². The molecule has 8 nitrogen and oxygen atoms in total. The molecule has 0 saturated carbocycles. The molecule has 1 aliphatic heterocycles. The summed E-state index contributed by atoms with van der Waals surface area (Å²) in [5.74, 6) is 0.669. The van der Waals surface area contributed by atoms with E-state index in [4.69, 9.17) is 10.5 Å². The highest BCUT2D eigenvalue weighted by Gasteiger charge is 2.47. The molecule has 1 aliphatic rings. The van der Waals surface area contributed by atoms with Crippen LogP contribution in [0.2, 0.25) is 0 Å². The lowest BCUT2D eigenvalue weighted by molar-refractivity contribution is -0.140. The standard InChI is InChI=1S/C26H39N5O3/c1-7-17(2)23(27)25(33)31-16-22(32)30(26(31,4)5)13-9-10-18(3)29-21-15-20(34-6)14-19-11-8-12-28-24(19)21/h8,11-12,14-15,17-18,23,29H,7,9-10,13,16,27H2,1-6H3/t17-,18?,23+/m0/s1. The number of benzene rings is 1. The van der Waals surface area contributed by atoms with Crippen molar-refractivity contribution in [2.24, 2.45) is 11.7 Å². The lowest BCUT2D eigenvalue weighted by atomic mass is 9.98. The van der Waals surface area contributed by atoms with Crippen LogP contribution < -0.4 is 15.8 Å². The molecule has 1 aromatic carbocycles. The van der Waals surface area contributed by atoms with E-state index >= 15 is 0 Å². The first kappa shape index (κ1) is 25.7. The quantitative estimate of drug-likeness (QED) is 0.551. The fourth-order valence-electron chi connectivity index (χ4n) is 4.57. The average molecular weight is 470 g/mol. The Morgan fingerprint density at radius 3 is 2.74 bits per heavy atom. The van der Waals surface area contributed by atoms with Gasteiger partial charge < -0.3 is 25.6 Å². The summed E-state index contributed by atoms with van der Waals surface area (Å²) in [6, 6.07) is 7.43. The van der Waals surface area contributed by atoms with Gasteiger partial charge in [-0.2, -0.15) is 0 Å². The number of carbonyl (C=O) groups excluding carboxylic acids is 2. The normalized spacial score (nSPS) is 18.1. The third-order valence-corrected chi connectivity index (χ3v) is 7.06. The molecule has 1 unspecified atom stereocenters. The van der Waals surface area contributed by atoms with Crippen LogP contribution in [0.15, 0.2) is 30.5 Å². The number of hydrogen-bond donors (Lipinski definition) is 2. The van der Waals surface area contributed by atoms with Crippen LogP contribution in [0.5, 0.6) is 5.75 Å². The summed E-state index contributed by atoms with van der Waals surface area (Å²) in [6.07, 6.45) is 4.26.